The van der Waals surface area contributed by atoms with Gasteiger partial charge in [0.1, 0.15) is 0 Å². The lowest BCUT2D eigenvalue weighted by atomic mass is 10.1. The quantitative estimate of drug-likeness (QED) is 0.802. The summed E-state index contributed by atoms with van der Waals surface area (Å²) in [6, 6.07) is 3.70. The van der Waals surface area contributed by atoms with Crippen LogP contribution in [0.1, 0.15) is 35.7 Å². The van der Waals surface area contributed by atoms with Crippen LogP contribution in [-0.4, -0.2) is 25.0 Å². The summed E-state index contributed by atoms with van der Waals surface area (Å²) < 4.78 is 5.69. The van der Waals surface area contributed by atoms with Gasteiger partial charge in [-0.15, -0.1) is 0 Å². The Hall–Kier alpha value is -1.36. The van der Waals surface area contributed by atoms with Crippen LogP contribution in [-0.2, 0) is 9.53 Å². The minimum absolute atomic E-state index is 0.0474. The number of halogens is 1. The Morgan fingerprint density at radius 3 is 2.47 bits per heavy atom. The van der Waals surface area contributed by atoms with E-state index in [1.165, 1.54) is 14.0 Å². The second kappa shape index (κ2) is 5.33. The number of nitrogens with zero attached hydrogens (tertiary/aromatic N) is 1. The molecule has 0 atom stereocenters. The van der Waals surface area contributed by atoms with Crippen molar-refractivity contribution in [2.75, 3.05) is 12.0 Å². The first-order valence-corrected chi connectivity index (χ1v) is 6.94. The molecule has 0 aliphatic heterocycles. The summed E-state index contributed by atoms with van der Waals surface area (Å²) in [5.74, 6) is -0.466. The molecule has 0 unspecified atom stereocenters. The summed E-state index contributed by atoms with van der Waals surface area (Å²) in [6.45, 7) is 3.42. The molecule has 0 heterocycles. The van der Waals surface area contributed by atoms with Crippen molar-refractivity contribution < 1.29 is 14.3 Å². The molecule has 1 aromatic rings. The smallest absolute Gasteiger partial charge is 0.339 e. The van der Waals surface area contributed by atoms with E-state index < -0.39 is 5.97 Å². The van der Waals surface area contributed by atoms with Crippen LogP contribution in [0.5, 0.6) is 0 Å². The zero-order valence-corrected chi connectivity index (χ0v) is 12.8. The largest absolute Gasteiger partial charge is 0.465 e. The number of carbonyl (C=O) groups is 2. The highest BCUT2D eigenvalue weighted by molar-refractivity contribution is 9.10. The Morgan fingerprint density at radius 1 is 1.37 bits per heavy atom. The van der Waals surface area contributed by atoms with Crippen LogP contribution < -0.4 is 4.90 Å². The molecule has 0 radical (unpaired) electrons. The molecule has 0 bridgehead atoms. The van der Waals surface area contributed by atoms with E-state index in [9.17, 15) is 9.59 Å². The van der Waals surface area contributed by atoms with E-state index in [2.05, 4.69) is 15.9 Å². The van der Waals surface area contributed by atoms with Crippen LogP contribution in [0.25, 0.3) is 0 Å². The number of carbonyl (C=O) groups excluding carboxylic acids is 2. The molecule has 1 aliphatic rings. The van der Waals surface area contributed by atoms with Gasteiger partial charge in [0.15, 0.2) is 0 Å². The van der Waals surface area contributed by atoms with Gasteiger partial charge in [0.25, 0.3) is 0 Å². The second-order valence-electron chi connectivity index (χ2n) is 4.68. The summed E-state index contributed by atoms with van der Waals surface area (Å²) in [5.41, 5.74) is 1.98. The molecular weight excluding hydrogens is 310 g/mol. The molecule has 19 heavy (non-hydrogen) atoms. The van der Waals surface area contributed by atoms with E-state index >= 15 is 0 Å². The van der Waals surface area contributed by atoms with Crippen LogP contribution in [0.4, 0.5) is 5.69 Å². The van der Waals surface area contributed by atoms with Crippen molar-refractivity contribution in [1.29, 1.82) is 0 Å². The number of ether oxygens (including phenoxy) is 1. The number of amides is 1. The third-order valence-corrected chi connectivity index (χ3v) is 4.12. The summed E-state index contributed by atoms with van der Waals surface area (Å²) in [7, 11) is 1.35. The fourth-order valence-electron chi connectivity index (χ4n) is 2.19. The molecule has 102 valence electrons. The summed E-state index contributed by atoms with van der Waals surface area (Å²) >= 11 is 3.45. The molecule has 0 saturated heterocycles. The van der Waals surface area contributed by atoms with Crippen molar-refractivity contribution >= 4 is 33.5 Å². The maximum Gasteiger partial charge on any atom is 0.339 e. The third-order valence-electron chi connectivity index (χ3n) is 3.26. The average Bonchev–Trinajstić information content (AvgIpc) is 3.18. The number of hydrogen-bond donors (Lipinski definition) is 0. The van der Waals surface area contributed by atoms with Gasteiger partial charge >= 0.3 is 5.97 Å². The van der Waals surface area contributed by atoms with Gasteiger partial charge in [-0.1, -0.05) is 15.9 Å². The molecule has 1 fully saturated rings. The molecule has 5 heteroatoms. The fourth-order valence-corrected chi connectivity index (χ4v) is 2.51. The average molecular weight is 326 g/mol. The number of benzene rings is 1. The molecule has 2 rings (SSSR count). The van der Waals surface area contributed by atoms with Gasteiger partial charge in [0.2, 0.25) is 5.91 Å². The highest BCUT2D eigenvalue weighted by Gasteiger charge is 2.35. The number of anilines is 1. The van der Waals surface area contributed by atoms with E-state index in [-0.39, 0.29) is 11.9 Å². The van der Waals surface area contributed by atoms with E-state index in [0.29, 0.717) is 11.3 Å². The Labute approximate surface area is 120 Å². The standard InChI is InChI=1S/C14H16BrNO3/c1-8-12(15)7-6-11(14(18)19-3)13(8)16(9(2)17)10-4-5-10/h6-7,10H,4-5H2,1-3H3. The minimum Gasteiger partial charge on any atom is -0.465 e. The molecular formula is C14H16BrNO3. The number of hydrogen-bond acceptors (Lipinski definition) is 3. The SMILES string of the molecule is COC(=O)c1ccc(Br)c(C)c1N(C(C)=O)C1CC1. The van der Waals surface area contributed by atoms with Gasteiger partial charge in [0.05, 0.1) is 18.4 Å². The van der Waals surface area contributed by atoms with Gasteiger partial charge in [-0.25, -0.2) is 4.79 Å². The van der Waals surface area contributed by atoms with Crippen molar-refractivity contribution in [3.8, 4) is 0 Å². The molecule has 4 nitrogen and oxygen atoms in total. The molecule has 0 N–H and O–H groups in total. The third kappa shape index (κ3) is 2.66. The molecule has 0 spiro atoms. The Morgan fingerprint density at radius 2 is 2.00 bits per heavy atom. The number of esters is 1. The first kappa shape index (κ1) is 14.1. The van der Waals surface area contributed by atoms with Gasteiger partial charge in [0, 0.05) is 17.4 Å². The highest BCUT2D eigenvalue weighted by atomic mass is 79.9. The van der Waals surface area contributed by atoms with Crippen LogP contribution >= 0.6 is 15.9 Å². The van der Waals surface area contributed by atoms with E-state index in [1.54, 1.807) is 17.0 Å². The van der Waals surface area contributed by atoms with Gasteiger partial charge in [-0.3, -0.25) is 4.79 Å². The zero-order chi connectivity index (χ0) is 14.2. The lowest BCUT2D eigenvalue weighted by Gasteiger charge is -2.25. The van der Waals surface area contributed by atoms with Crippen molar-refractivity contribution in [2.24, 2.45) is 0 Å². The minimum atomic E-state index is -0.419. The van der Waals surface area contributed by atoms with E-state index in [4.69, 9.17) is 4.74 Å². The van der Waals surface area contributed by atoms with Gasteiger partial charge in [-0.05, 0) is 37.5 Å². The predicted octanol–water partition coefficient (Wildman–Crippen LogP) is 3.06. The Bertz CT molecular complexity index is 538. The summed E-state index contributed by atoms with van der Waals surface area (Å²) in [4.78, 5) is 25.5. The monoisotopic (exact) mass is 325 g/mol. The van der Waals surface area contributed by atoms with Crippen LogP contribution in [0.2, 0.25) is 0 Å². The second-order valence-corrected chi connectivity index (χ2v) is 5.53. The Kier molecular flexibility index (Phi) is 3.94. The van der Waals surface area contributed by atoms with Crippen LogP contribution in [0.15, 0.2) is 16.6 Å². The summed E-state index contributed by atoms with van der Waals surface area (Å²) in [6.07, 6.45) is 1.96. The lowest BCUT2D eigenvalue weighted by molar-refractivity contribution is -0.116. The van der Waals surface area contributed by atoms with Crippen molar-refractivity contribution in [1.82, 2.24) is 0 Å². The zero-order valence-electron chi connectivity index (χ0n) is 11.2. The van der Waals surface area contributed by atoms with E-state index in [1.807, 2.05) is 6.92 Å². The lowest BCUT2D eigenvalue weighted by Crippen LogP contribution is -2.33. The van der Waals surface area contributed by atoms with Crippen molar-refractivity contribution in [3.63, 3.8) is 0 Å². The van der Waals surface area contributed by atoms with Crippen LogP contribution in [0.3, 0.4) is 0 Å². The van der Waals surface area contributed by atoms with Gasteiger partial charge < -0.3 is 9.64 Å². The fraction of sp³-hybridized carbons (Fsp3) is 0.429. The summed E-state index contributed by atoms with van der Waals surface area (Å²) in [5, 5.41) is 0. The highest BCUT2D eigenvalue weighted by Crippen LogP contribution is 2.38. The van der Waals surface area contributed by atoms with Crippen molar-refractivity contribution in [3.05, 3.63) is 27.7 Å². The normalized spacial score (nSPS) is 14.1. The Balaban J connectivity index is 2.60. The van der Waals surface area contributed by atoms with Gasteiger partial charge in [-0.2, -0.15) is 0 Å². The first-order valence-electron chi connectivity index (χ1n) is 6.14. The maximum absolute atomic E-state index is 11.9. The first-order chi connectivity index (χ1) is 8.97. The number of methoxy groups -OCH3 is 1. The topological polar surface area (TPSA) is 46.6 Å². The molecule has 0 aromatic heterocycles. The van der Waals surface area contributed by atoms with Crippen molar-refractivity contribution in [2.45, 2.75) is 32.7 Å². The molecule has 1 saturated carbocycles. The van der Waals surface area contributed by atoms with E-state index in [0.717, 1.165) is 22.9 Å². The van der Waals surface area contributed by atoms with Crippen LogP contribution in [0, 0.1) is 6.92 Å². The number of rotatable bonds is 3. The molecule has 1 aromatic carbocycles. The molecule has 1 aliphatic carbocycles. The maximum atomic E-state index is 11.9. The predicted molar refractivity (Wildman–Crippen MR) is 76.4 cm³/mol. The molecule has 1 amide bonds.